The Balaban J connectivity index is 2.07. The maximum Gasteiger partial charge on any atom is 0.416 e. The van der Waals surface area contributed by atoms with Gasteiger partial charge in [0.2, 0.25) is 0 Å². The number of rotatable bonds is 3. The van der Waals surface area contributed by atoms with Gasteiger partial charge in [-0.05, 0) is 11.6 Å². The van der Waals surface area contributed by atoms with Crippen molar-refractivity contribution in [3.05, 3.63) is 41.6 Å². The molecule has 0 fully saturated rings. The lowest BCUT2D eigenvalue weighted by molar-refractivity contribution is -0.137. The second-order valence-electron chi connectivity index (χ2n) is 3.30. The Hall–Kier alpha value is -1.50. The molecule has 0 atom stereocenters. The van der Waals surface area contributed by atoms with Crippen molar-refractivity contribution in [2.45, 2.75) is 17.0 Å². The number of aromatic amines is 1. The van der Waals surface area contributed by atoms with Crippen molar-refractivity contribution >= 4 is 11.8 Å². The molecule has 0 saturated carbocycles. The fourth-order valence-electron chi connectivity index (χ4n) is 1.26. The number of aromatic nitrogens is 3. The lowest BCUT2D eigenvalue weighted by Gasteiger charge is -2.07. The first kappa shape index (κ1) is 12.0. The van der Waals surface area contributed by atoms with E-state index in [4.69, 9.17) is 0 Å². The Morgan fingerprint density at radius 3 is 2.76 bits per heavy atom. The summed E-state index contributed by atoms with van der Waals surface area (Å²) < 4.78 is 37.3. The third-order valence-electron chi connectivity index (χ3n) is 2.03. The Labute approximate surface area is 99.4 Å². The summed E-state index contributed by atoms with van der Waals surface area (Å²) in [5.41, 5.74) is -0.0245. The van der Waals surface area contributed by atoms with E-state index in [2.05, 4.69) is 15.4 Å². The second kappa shape index (κ2) is 4.79. The molecule has 7 heteroatoms. The van der Waals surface area contributed by atoms with Crippen LogP contribution in [0.5, 0.6) is 0 Å². The maximum atomic E-state index is 12.4. The summed E-state index contributed by atoms with van der Waals surface area (Å²) in [6.07, 6.45) is -2.77. The fourth-order valence-corrected chi connectivity index (χ4v) is 1.98. The van der Waals surface area contributed by atoms with Crippen molar-refractivity contribution < 1.29 is 13.2 Å². The molecule has 0 aliphatic rings. The van der Waals surface area contributed by atoms with Crippen LogP contribution in [0.3, 0.4) is 0 Å². The van der Waals surface area contributed by atoms with Crippen LogP contribution in [0.4, 0.5) is 13.2 Å². The first-order valence-electron chi connectivity index (χ1n) is 4.70. The van der Waals surface area contributed by atoms with Crippen LogP contribution in [0, 0.1) is 0 Å². The summed E-state index contributed by atoms with van der Waals surface area (Å²) in [6, 6.07) is 5.27. The average Bonchev–Trinajstić information content (AvgIpc) is 2.78. The van der Waals surface area contributed by atoms with Crippen LogP contribution in [0.2, 0.25) is 0 Å². The van der Waals surface area contributed by atoms with Crippen molar-refractivity contribution in [1.82, 2.24) is 15.4 Å². The van der Waals surface area contributed by atoms with E-state index < -0.39 is 11.7 Å². The van der Waals surface area contributed by atoms with Gasteiger partial charge in [-0.25, -0.2) is 0 Å². The Morgan fingerprint density at radius 2 is 2.12 bits per heavy atom. The highest BCUT2D eigenvalue weighted by Gasteiger charge is 2.30. The van der Waals surface area contributed by atoms with Gasteiger partial charge in [-0.15, -0.1) is 5.10 Å². The van der Waals surface area contributed by atoms with Crippen LogP contribution < -0.4 is 0 Å². The monoisotopic (exact) mass is 259 g/mol. The Bertz CT molecular complexity index is 482. The molecule has 1 N–H and O–H groups in total. The van der Waals surface area contributed by atoms with Crippen molar-refractivity contribution in [3.8, 4) is 0 Å². The van der Waals surface area contributed by atoms with Gasteiger partial charge in [-0.3, -0.25) is 0 Å². The number of halogens is 3. The zero-order valence-corrected chi connectivity index (χ0v) is 9.35. The molecule has 2 aromatic rings. The third kappa shape index (κ3) is 3.23. The quantitative estimate of drug-likeness (QED) is 0.861. The Morgan fingerprint density at radius 1 is 1.29 bits per heavy atom. The summed E-state index contributed by atoms with van der Waals surface area (Å²) in [5.74, 6) is 0.427. The molecule has 1 heterocycles. The number of alkyl halides is 3. The second-order valence-corrected chi connectivity index (χ2v) is 4.29. The molecule has 0 saturated heterocycles. The lowest BCUT2D eigenvalue weighted by Crippen LogP contribution is -2.04. The molecule has 17 heavy (non-hydrogen) atoms. The highest BCUT2D eigenvalue weighted by Crippen LogP contribution is 2.30. The highest BCUT2D eigenvalue weighted by atomic mass is 32.2. The van der Waals surface area contributed by atoms with Gasteiger partial charge in [0.05, 0.1) is 11.8 Å². The van der Waals surface area contributed by atoms with E-state index in [9.17, 15) is 13.2 Å². The largest absolute Gasteiger partial charge is 0.416 e. The SMILES string of the molecule is FC(F)(F)c1cccc(CSc2cn[nH]n2)c1. The van der Waals surface area contributed by atoms with Crippen LogP contribution in [-0.4, -0.2) is 15.4 Å². The van der Waals surface area contributed by atoms with Crippen LogP contribution in [0.15, 0.2) is 35.5 Å². The van der Waals surface area contributed by atoms with Crippen molar-refractivity contribution in [3.63, 3.8) is 0 Å². The molecule has 0 aliphatic heterocycles. The highest BCUT2D eigenvalue weighted by molar-refractivity contribution is 7.98. The van der Waals surface area contributed by atoms with E-state index in [0.717, 1.165) is 12.1 Å². The smallest absolute Gasteiger partial charge is 0.197 e. The van der Waals surface area contributed by atoms with E-state index in [-0.39, 0.29) is 0 Å². The van der Waals surface area contributed by atoms with E-state index in [1.54, 1.807) is 6.07 Å². The molecule has 0 unspecified atom stereocenters. The maximum absolute atomic E-state index is 12.4. The minimum Gasteiger partial charge on any atom is -0.197 e. The summed E-state index contributed by atoms with van der Waals surface area (Å²) in [5, 5.41) is 10.5. The standard InChI is InChI=1S/C10H8F3N3S/c11-10(12,13)8-3-1-2-7(4-8)6-17-9-5-14-16-15-9/h1-5H,6H2,(H,14,15,16). The van der Waals surface area contributed by atoms with E-state index in [1.807, 2.05) is 0 Å². The van der Waals surface area contributed by atoms with Gasteiger partial charge in [-0.1, -0.05) is 30.0 Å². The van der Waals surface area contributed by atoms with Crippen LogP contribution in [0.1, 0.15) is 11.1 Å². The van der Waals surface area contributed by atoms with E-state index >= 15 is 0 Å². The molecule has 1 aromatic carbocycles. The molecule has 0 amide bonds. The van der Waals surface area contributed by atoms with Gasteiger partial charge in [0.15, 0.2) is 0 Å². The molecule has 0 radical (unpaired) electrons. The average molecular weight is 259 g/mol. The van der Waals surface area contributed by atoms with Crippen molar-refractivity contribution in [2.75, 3.05) is 0 Å². The number of benzene rings is 1. The molecule has 2 rings (SSSR count). The summed E-state index contributed by atoms with van der Waals surface area (Å²) >= 11 is 1.33. The number of H-pyrrole nitrogens is 1. The number of nitrogens with one attached hydrogen (secondary N) is 1. The van der Waals surface area contributed by atoms with Gasteiger partial charge in [0, 0.05) is 5.75 Å². The van der Waals surface area contributed by atoms with Gasteiger partial charge >= 0.3 is 6.18 Å². The first-order valence-corrected chi connectivity index (χ1v) is 5.69. The lowest BCUT2D eigenvalue weighted by atomic mass is 10.1. The Kier molecular flexibility index (Phi) is 3.37. The number of thioether (sulfide) groups is 1. The topological polar surface area (TPSA) is 41.6 Å². The minimum atomic E-state index is -4.30. The van der Waals surface area contributed by atoms with E-state index in [1.165, 1.54) is 24.0 Å². The minimum absolute atomic E-state index is 0.427. The molecule has 0 spiro atoms. The fraction of sp³-hybridized carbons (Fsp3) is 0.200. The molecule has 1 aromatic heterocycles. The molecule has 3 nitrogen and oxygen atoms in total. The predicted molar refractivity (Wildman–Crippen MR) is 57.4 cm³/mol. The molecule has 90 valence electrons. The predicted octanol–water partition coefficient (Wildman–Crippen LogP) is 3.12. The van der Waals surface area contributed by atoms with E-state index in [0.29, 0.717) is 16.3 Å². The number of hydrogen-bond donors (Lipinski definition) is 1. The van der Waals surface area contributed by atoms with Crippen molar-refractivity contribution in [1.29, 1.82) is 0 Å². The normalized spacial score (nSPS) is 11.7. The third-order valence-corrected chi connectivity index (χ3v) is 3.00. The molecular weight excluding hydrogens is 251 g/mol. The van der Waals surface area contributed by atoms with Crippen molar-refractivity contribution in [2.24, 2.45) is 0 Å². The first-order chi connectivity index (χ1) is 8.05. The summed E-state index contributed by atoms with van der Waals surface area (Å²) in [6.45, 7) is 0. The van der Waals surface area contributed by atoms with Gasteiger partial charge < -0.3 is 0 Å². The van der Waals surface area contributed by atoms with Gasteiger partial charge in [-0.2, -0.15) is 23.5 Å². The summed E-state index contributed by atoms with van der Waals surface area (Å²) in [7, 11) is 0. The number of hydrogen-bond acceptors (Lipinski definition) is 3. The van der Waals surface area contributed by atoms with Crippen LogP contribution >= 0.6 is 11.8 Å². The van der Waals surface area contributed by atoms with Gasteiger partial charge in [0.25, 0.3) is 0 Å². The number of nitrogens with zero attached hydrogens (tertiary/aromatic N) is 2. The molecular formula is C10H8F3N3S. The summed E-state index contributed by atoms with van der Waals surface area (Å²) in [4.78, 5) is 0. The molecule has 0 bridgehead atoms. The molecule has 0 aliphatic carbocycles. The van der Waals surface area contributed by atoms with Gasteiger partial charge in [0.1, 0.15) is 5.03 Å². The zero-order valence-electron chi connectivity index (χ0n) is 8.53. The van der Waals surface area contributed by atoms with Crippen LogP contribution in [0.25, 0.3) is 0 Å². The zero-order chi connectivity index (χ0) is 12.3. The van der Waals surface area contributed by atoms with Crippen LogP contribution in [-0.2, 0) is 11.9 Å².